The van der Waals surface area contributed by atoms with Gasteiger partial charge in [0.2, 0.25) is 5.91 Å². The van der Waals surface area contributed by atoms with E-state index in [1.54, 1.807) is 0 Å². The van der Waals surface area contributed by atoms with Crippen LogP contribution in [0.2, 0.25) is 0 Å². The summed E-state index contributed by atoms with van der Waals surface area (Å²) in [5, 5.41) is 2.04. The number of carbonyl (C=O) groups is 1. The predicted molar refractivity (Wildman–Crippen MR) is 83.1 cm³/mol. The lowest BCUT2D eigenvalue weighted by molar-refractivity contribution is -0.157. The molecule has 1 N–H and O–H groups in total. The van der Waals surface area contributed by atoms with Crippen molar-refractivity contribution >= 4 is 5.91 Å². The van der Waals surface area contributed by atoms with E-state index in [-0.39, 0.29) is 11.6 Å². The van der Waals surface area contributed by atoms with Gasteiger partial charge in [0.1, 0.15) is 5.82 Å². The largest absolute Gasteiger partial charge is 0.416 e. The van der Waals surface area contributed by atoms with E-state index in [2.05, 4.69) is 0 Å². The fourth-order valence-electron chi connectivity index (χ4n) is 2.53. The molecule has 0 radical (unpaired) electrons. The summed E-state index contributed by atoms with van der Waals surface area (Å²) >= 11 is 0. The van der Waals surface area contributed by atoms with E-state index in [9.17, 15) is 35.5 Å². The van der Waals surface area contributed by atoms with E-state index in [1.807, 2.05) is 5.32 Å². The van der Waals surface area contributed by atoms with Gasteiger partial charge >= 0.3 is 12.4 Å². The molecule has 0 fully saturated rings. The van der Waals surface area contributed by atoms with Crippen LogP contribution in [0.15, 0.2) is 48.5 Å². The number of amides is 1. The van der Waals surface area contributed by atoms with Gasteiger partial charge in [0.25, 0.3) is 0 Å². The van der Waals surface area contributed by atoms with E-state index >= 15 is 0 Å². The zero-order valence-electron chi connectivity index (χ0n) is 13.7. The number of hydrogen-bond donors (Lipinski definition) is 1. The maximum atomic E-state index is 13.2. The number of halogens is 7. The second-order valence-corrected chi connectivity index (χ2v) is 5.78. The maximum Gasteiger partial charge on any atom is 0.416 e. The molecule has 0 saturated carbocycles. The molecule has 9 heteroatoms. The van der Waals surface area contributed by atoms with Crippen molar-refractivity contribution in [2.75, 3.05) is 0 Å². The minimum absolute atomic E-state index is 0.127. The van der Waals surface area contributed by atoms with Crippen molar-refractivity contribution in [2.45, 2.75) is 31.2 Å². The number of rotatable bonds is 5. The Bertz CT molecular complexity index is 785. The molecule has 0 saturated heterocycles. The lowest BCUT2D eigenvalue weighted by atomic mass is 9.94. The summed E-state index contributed by atoms with van der Waals surface area (Å²) in [6, 6.07) is 8.60. The quantitative estimate of drug-likeness (QED) is 0.696. The molecule has 1 unspecified atom stereocenters. The van der Waals surface area contributed by atoms with Crippen molar-refractivity contribution in [3.63, 3.8) is 0 Å². The maximum absolute atomic E-state index is 13.2. The van der Waals surface area contributed by atoms with E-state index in [0.717, 1.165) is 12.1 Å². The summed E-state index contributed by atoms with van der Waals surface area (Å²) in [7, 11) is 0. The predicted octanol–water partition coefficient (Wildman–Crippen LogP) is 5.20. The second-order valence-electron chi connectivity index (χ2n) is 5.78. The highest BCUT2D eigenvalue weighted by Gasteiger charge is 2.42. The molecule has 0 heterocycles. The topological polar surface area (TPSA) is 29.1 Å². The van der Waals surface area contributed by atoms with Crippen LogP contribution in [-0.4, -0.2) is 12.1 Å². The zero-order valence-corrected chi connectivity index (χ0v) is 13.7. The number of alkyl halides is 6. The number of carbonyl (C=O) groups excluding carboxylic acids is 1. The lowest BCUT2D eigenvalue weighted by Crippen LogP contribution is -2.30. The Labute approximate surface area is 150 Å². The van der Waals surface area contributed by atoms with Crippen molar-refractivity contribution in [3.8, 4) is 0 Å². The van der Waals surface area contributed by atoms with Gasteiger partial charge in [-0.1, -0.05) is 36.4 Å². The normalized spacial score (nSPS) is 13.3. The van der Waals surface area contributed by atoms with E-state index in [1.165, 1.54) is 30.3 Å². The van der Waals surface area contributed by atoms with Crippen LogP contribution >= 0.6 is 0 Å². The monoisotopic (exact) mass is 393 g/mol. The molecule has 0 bridgehead atoms. The van der Waals surface area contributed by atoms with Gasteiger partial charge in [0.15, 0.2) is 0 Å². The first-order valence-electron chi connectivity index (χ1n) is 7.72. The van der Waals surface area contributed by atoms with Crippen LogP contribution in [-0.2, 0) is 17.5 Å². The third kappa shape index (κ3) is 5.70. The molecule has 0 aromatic heterocycles. The summed E-state index contributed by atoms with van der Waals surface area (Å²) in [5.41, 5.74) is -1.86. The Hall–Kier alpha value is -2.58. The highest BCUT2D eigenvalue weighted by Crippen LogP contribution is 2.37. The summed E-state index contributed by atoms with van der Waals surface area (Å²) in [6.07, 6.45) is -10.5. The average molecular weight is 393 g/mol. The smallest absolute Gasteiger partial charge is 0.352 e. The minimum atomic E-state index is -4.86. The molecule has 27 heavy (non-hydrogen) atoms. The molecule has 0 aliphatic carbocycles. The van der Waals surface area contributed by atoms with Crippen LogP contribution in [0.1, 0.15) is 29.0 Å². The first-order valence-corrected chi connectivity index (χ1v) is 7.72. The fraction of sp³-hybridized carbons (Fsp3) is 0.278. The summed E-state index contributed by atoms with van der Waals surface area (Å²) in [5.74, 6) is -4.27. The molecule has 0 aliphatic rings. The van der Waals surface area contributed by atoms with E-state index in [0.29, 0.717) is 0 Å². The van der Waals surface area contributed by atoms with Crippen molar-refractivity contribution < 1.29 is 35.5 Å². The van der Waals surface area contributed by atoms with Gasteiger partial charge in [0.05, 0.1) is 11.5 Å². The molecule has 1 amide bonds. The molecule has 0 spiro atoms. The Morgan fingerprint density at radius 2 is 1.59 bits per heavy atom. The van der Waals surface area contributed by atoms with Gasteiger partial charge in [-0.2, -0.15) is 26.3 Å². The third-order valence-corrected chi connectivity index (χ3v) is 3.84. The molecule has 146 valence electrons. The molecule has 2 nitrogen and oxygen atoms in total. The Morgan fingerprint density at radius 3 is 2.15 bits per heavy atom. The third-order valence-electron chi connectivity index (χ3n) is 3.84. The molecule has 1 atom stereocenters. The standard InChI is InChI=1S/C18H14F7NO/c19-13-7-6-12(14(8-13)17(20,21)22)10-26-16(27)9-15(18(23,24)25)11-4-2-1-3-5-11/h1-8,15H,9-10H2,(H,26,27). The average Bonchev–Trinajstić information content (AvgIpc) is 2.57. The zero-order chi connectivity index (χ0) is 20.2. The van der Waals surface area contributed by atoms with Crippen molar-refractivity contribution in [1.29, 1.82) is 0 Å². The van der Waals surface area contributed by atoms with Crippen molar-refractivity contribution in [1.82, 2.24) is 5.32 Å². The number of benzene rings is 2. The first kappa shape index (κ1) is 20.7. The second kappa shape index (κ2) is 7.98. The van der Waals surface area contributed by atoms with Gasteiger partial charge in [-0.3, -0.25) is 4.79 Å². The molecule has 2 aromatic carbocycles. The molecule has 0 aliphatic heterocycles. The summed E-state index contributed by atoms with van der Waals surface area (Å²) in [6.45, 7) is -0.673. The van der Waals surface area contributed by atoms with Crippen LogP contribution in [0.25, 0.3) is 0 Å². The van der Waals surface area contributed by atoms with Gasteiger partial charge in [-0.25, -0.2) is 4.39 Å². The van der Waals surface area contributed by atoms with Crippen LogP contribution in [0.3, 0.4) is 0 Å². The fourth-order valence-corrected chi connectivity index (χ4v) is 2.53. The highest BCUT2D eigenvalue weighted by molar-refractivity contribution is 5.77. The molecule has 2 aromatic rings. The van der Waals surface area contributed by atoms with Gasteiger partial charge in [-0.05, 0) is 23.3 Å². The Balaban J connectivity index is 2.12. The van der Waals surface area contributed by atoms with Crippen molar-refractivity contribution in [2.24, 2.45) is 0 Å². The summed E-state index contributed by atoms with van der Waals surface area (Å²) < 4.78 is 91.5. The van der Waals surface area contributed by atoms with Crippen molar-refractivity contribution in [3.05, 3.63) is 71.0 Å². The lowest BCUT2D eigenvalue weighted by Gasteiger charge is -2.20. The Morgan fingerprint density at radius 1 is 0.963 bits per heavy atom. The molecular weight excluding hydrogens is 379 g/mol. The molecular formula is C18H14F7NO. The van der Waals surface area contributed by atoms with Crippen LogP contribution in [0, 0.1) is 5.82 Å². The van der Waals surface area contributed by atoms with Gasteiger partial charge < -0.3 is 5.32 Å². The Kier molecular flexibility index (Phi) is 6.12. The summed E-state index contributed by atoms with van der Waals surface area (Å²) in [4.78, 5) is 11.9. The first-order chi connectivity index (χ1) is 12.5. The molecule has 2 rings (SSSR count). The number of hydrogen-bond acceptors (Lipinski definition) is 1. The SMILES string of the molecule is O=C(CC(c1ccccc1)C(F)(F)F)NCc1ccc(F)cc1C(F)(F)F. The minimum Gasteiger partial charge on any atom is -0.352 e. The highest BCUT2D eigenvalue weighted by atomic mass is 19.4. The van der Waals surface area contributed by atoms with E-state index in [4.69, 9.17) is 0 Å². The van der Waals surface area contributed by atoms with Gasteiger partial charge in [-0.15, -0.1) is 0 Å². The van der Waals surface area contributed by atoms with Crippen LogP contribution in [0.5, 0.6) is 0 Å². The number of nitrogens with one attached hydrogen (secondary N) is 1. The van der Waals surface area contributed by atoms with Crippen LogP contribution in [0.4, 0.5) is 30.7 Å². The van der Waals surface area contributed by atoms with Crippen LogP contribution < -0.4 is 5.32 Å². The van der Waals surface area contributed by atoms with Gasteiger partial charge in [0, 0.05) is 13.0 Å². The van der Waals surface area contributed by atoms with E-state index < -0.39 is 54.1 Å².